The Morgan fingerprint density at radius 3 is 2.40 bits per heavy atom. The van der Waals surface area contributed by atoms with Gasteiger partial charge in [0.25, 0.3) is 0 Å². The number of phenolic OH excluding ortho intramolecular Hbond substituents is 1. The standard InChI is InChI=1S/C47H48N4O6/c52-41-18-16-39(40-17-19-44(54)49-46(40)41)42(53)29-48-28-32-6-4-9-36(26-32)33-14-12-31(13-15-33)22-25-56-38-11-5-10-37(27-38)45(35-7-2-1-3-8-35)50-47(55)57-43-30-51-23-20-34(43)21-24-51/h1-19,26-27,34,42-43,45,48,52-53H,20-25,28-30H2,(H,49,54)(H,50,55)/t42-,43-,45?/m0/s1. The third-order valence-corrected chi connectivity index (χ3v) is 11.2. The smallest absolute Gasteiger partial charge is 0.408 e. The van der Waals surface area contributed by atoms with E-state index in [4.69, 9.17) is 9.47 Å². The number of fused-ring (bicyclic) bond motifs is 4. The summed E-state index contributed by atoms with van der Waals surface area (Å²) in [7, 11) is 0. The van der Waals surface area contributed by atoms with Crippen LogP contribution in [0.1, 0.15) is 52.8 Å². The summed E-state index contributed by atoms with van der Waals surface area (Å²) in [5.41, 5.74) is 6.96. The van der Waals surface area contributed by atoms with Crippen molar-refractivity contribution < 1.29 is 24.5 Å². The molecule has 5 aromatic carbocycles. The number of H-pyrrole nitrogens is 1. The van der Waals surface area contributed by atoms with Crippen molar-refractivity contribution >= 4 is 17.0 Å². The number of rotatable bonds is 14. The quantitative estimate of drug-likeness (QED) is 0.0783. The first-order valence-electron chi connectivity index (χ1n) is 19.8. The summed E-state index contributed by atoms with van der Waals surface area (Å²) in [6, 6.07) is 40.5. The monoisotopic (exact) mass is 764 g/mol. The van der Waals surface area contributed by atoms with Crippen LogP contribution in [0.2, 0.25) is 0 Å². The number of hydrogen-bond acceptors (Lipinski definition) is 8. The van der Waals surface area contributed by atoms with E-state index < -0.39 is 12.2 Å². The van der Waals surface area contributed by atoms with Crippen molar-refractivity contribution in [3.05, 3.63) is 166 Å². The number of aliphatic hydroxyl groups is 1. The normalized spacial score (nSPS) is 18.5. The third-order valence-electron chi connectivity index (χ3n) is 11.2. The minimum absolute atomic E-state index is 0.0341. The van der Waals surface area contributed by atoms with Gasteiger partial charge in [0.15, 0.2) is 0 Å². The summed E-state index contributed by atoms with van der Waals surface area (Å²) in [5, 5.41) is 28.2. The summed E-state index contributed by atoms with van der Waals surface area (Å²) in [5.74, 6) is 1.14. The zero-order chi connectivity index (χ0) is 39.1. The van der Waals surface area contributed by atoms with Crippen molar-refractivity contribution in [2.75, 3.05) is 32.8 Å². The molecule has 10 heteroatoms. The minimum Gasteiger partial charge on any atom is -0.506 e. The van der Waals surface area contributed by atoms with Crippen LogP contribution in [0, 0.1) is 5.92 Å². The highest BCUT2D eigenvalue weighted by Gasteiger charge is 2.37. The Morgan fingerprint density at radius 1 is 0.825 bits per heavy atom. The van der Waals surface area contributed by atoms with Gasteiger partial charge in [0.1, 0.15) is 17.6 Å². The van der Waals surface area contributed by atoms with Crippen LogP contribution in [0.15, 0.2) is 132 Å². The summed E-state index contributed by atoms with van der Waals surface area (Å²) in [6.45, 7) is 4.35. The third kappa shape index (κ3) is 9.21. The number of pyridine rings is 1. The molecule has 1 unspecified atom stereocenters. The number of hydrogen-bond donors (Lipinski definition) is 5. The Balaban J connectivity index is 0.844. The summed E-state index contributed by atoms with van der Waals surface area (Å²) >= 11 is 0. The molecule has 6 aromatic rings. The fourth-order valence-electron chi connectivity index (χ4n) is 8.15. The molecule has 3 saturated heterocycles. The average Bonchev–Trinajstić information content (AvgIpc) is 3.24. The van der Waals surface area contributed by atoms with E-state index in [1.807, 2.05) is 66.7 Å². The lowest BCUT2D eigenvalue weighted by Gasteiger charge is -2.43. The maximum absolute atomic E-state index is 13.2. The Morgan fingerprint density at radius 2 is 1.61 bits per heavy atom. The van der Waals surface area contributed by atoms with Crippen LogP contribution in [0.4, 0.5) is 4.79 Å². The van der Waals surface area contributed by atoms with E-state index >= 15 is 0 Å². The summed E-state index contributed by atoms with van der Waals surface area (Å²) in [6.07, 6.45) is 1.61. The molecule has 1 amide bonds. The number of aromatic nitrogens is 1. The Kier molecular flexibility index (Phi) is 11.6. The van der Waals surface area contributed by atoms with Gasteiger partial charge in [-0.2, -0.15) is 0 Å². The molecule has 1 aromatic heterocycles. The van der Waals surface area contributed by atoms with Crippen molar-refractivity contribution in [1.82, 2.24) is 20.5 Å². The Bertz CT molecular complexity index is 2360. The maximum Gasteiger partial charge on any atom is 0.408 e. The van der Waals surface area contributed by atoms with Gasteiger partial charge in [-0.15, -0.1) is 0 Å². The van der Waals surface area contributed by atoms with Crippen LogP contribution in [0.5, 0.6) is 11.5 Å². The zero-order valence-corrected chi connectivity index (χ0v) is 31.8. The summed E-state index contributed by atoms with van der Waals surface area (Å²) in [4.78, 5) is 30.0. The van der Waals surface area contributed by atoms with Crippen molar-refractivity contribution in [2.45, 2.75) is 44.1 Å². The molecule has 0 aliphatic carbocycles. The number of phenols is 1. The molecule has 3 fully saturated rings. The van der Waals surface area contributed by atoms with Crippen molar-refractivity contribution in [2.24, 2.45) is 5.92 Å². The maximum atomic E-state index is 13.2. The van der Waals surface area contributed by atoms with Crippen LogP contribution < -0.4 is 20.9 Å². The molecule has 3 atom stereocenters. The van der Waals surface area contributed by atoms with Gasteiger partial charge in [-0.05, 0) is 101 Å². The molecule has 0 saturated carbocycles. The van der Waals surface area contributed by atoms with Crippen LogP contribution >= 0.6 is 0 Å². The van der Waals surface area contributed by atoms with Gasteiger partial charge >= 0.3 is 6.09 Å². The van der Waals surface area contributed by atoms with Crippen LogP contribution in [0.3, 0.4) is 0 Å². The SMILES string of the molecule is O=C(NC(c1ccccc1)c1cccc(OCCc2ccc(-c3cccc(CNC[C@H](O)c4ccc(O)c5[nH]c(=O)ccc45)c3)cc2)c1)O[C@H]1CN2CCC1CC2. The number of aromatic hydroxyl groups is 1. The van der Waals surface area contributed by atoms with Gasteiger partial charge in [0, 0.05) is 37.5 Å². The highest BCUT2D eigenvalue weighted by Crippen LogP contribution is 2.32. The van der Waals surface area contributed by atoms with Crippen molar-refractivity contribution in [1.29, 1.82) is 0 Å². The lowest BCUT2D eigenvalue weighted by molar-refractivity contribution is -0.0336. The second kappa shape index (κ2) is 17.5. The first kappa shape index (κ1) is 38.0. The molecule has 0 radical (unpaired) electrons. The number of ether oxygens (including phenoxy) is 2. The zero-order valence-electron chi connectivity index (χ0n) is 31.8. The van der Waals surface area contributed by atoms with Gasteiger partial charge in [0.2, 0.25) is 5.56 Å². The highest BCUT2D eigenvalue weighted by molar-refractivity contribution is 5.87. The number of piperidine rings is 3. The second-order valence-corrected chi connectivity index (χ2v) is 15.1. The number of carbonyl (C=O) groups excluding carboxylic acids is 1. The van der Waals surface area contributed by atoms with Crippen molar-refractivity contribution in [3.8, 4) is 22.6 Å². The van der Waals surface area contributed by atoms with Crippen LogP contribution in [-0.2, 0) is 17.7 Å². The molecule has 3 aliphatic rings. The van der Waals surface area contributed by atoms with Gasteiger partial charge in [-0.1, -0.05) is 91.0 Å². The van der Waals surface area contributed by atoms with Crippen LogP contribution in [-0.4, -0.2) is 65.1 Å². The van der Waals surface area contributed by atoms with Gasteiger partial charge in [-0.3, -0.25) is 9.69 Å². The molecular formula is C47H48N4O6. The fraction of sp³-hybridized carbons (Fsp3) is 0.277. The van der Waals surface area contributed by atoms with Crippen LogP contribution in [0.25, 0.3) is 22.0 Å². The summed E-state index contributed by atoms with van der Waals surface area (Å²) < 4.78 is 12.2. The lowest BCUT2D eigenvalue weighted by atomic mass is 9.86. The van der Waals surface area contributed by atoms with E-state index in [1.165, 1.54) is 12.1 Å². The first-order valence-corrected chi connectivity index (χ1v) is 19.8. The van der Waals surface area contributed by atoms with E-state index in [1.54, 1.807) is 12.1 Å². The topological polar surface area (TPSA) is 136 Å². The van der Waals surface area contributed by atoms with E-state index in [0.29, 0.717) is 42.1 Å². The number of benzene rings is 5. The molecule has 57 heavy (non-hydrogen) atoms. The molecule has 9 rings (SSSR count). The first-order chi connectivity index (χ1) is 27.9. The molecule has 0 spiro atoms. The number of nitrogens with zero attached hydrogens (tertiary/aromatic N) is 1. The predicted molar refractivity (Wildman–Crippen MR) is 221 cm³/mol. The van der Waals surface area contributed by atoms with Gasteiger partial charge < -0.3 is 35.3 Å². The van der Waals surface area contributed by atoms with E-state index in [2.05, 4.69) is 56.9 Å². The fourth-order valence-corrected chi connectivity index (χ4v) is 8.15. The van der Waals surface area contributed by atoms with E-state index in [9.17, 15) is 19.8 Å². The molecule has 3 aliphatic heterocycles. The molecule has 292 valence electrons. The molecule has 5 N–H and O–H groups in total. The molecule has 10 nitrogen and oxygen atoms in total. The number of aromatic amines is 1. The molecule has 4 heterocycles. The van der Waals surface area contributed by atoms with Gasteiger partial charge in [0.05, 0.1) is 24.3 Å². The number of alkyl carbamates (subject to hydrolysis) is 1. The number of aliphatic hydroxyl groups excluding tert-OH is 1. The number of carbonyl (C=O) groups is 1. The molecular weight excluding hydrogens is 717 g/mol. The molecule has 2 bridgehead atoms. The second-order valence-electron chi connectivity index (χ2n) is 15.1. The van der Waals surface area contributed by atoms with E-state index in [0.717, 1.165) is 78.0 Å². The average molecular weight is 765 g/mol. The Labute approximate surface area is 332 Å². The largest absolute Gasteiger partial charge is 0.506 e. The van der Waals surface area contributed by atoms with Gasteiger partial charge in [-0.25, -0.2) is 4.79 Å². The number of amides is 1. The Hall–Kier alpha value is -5.94. The highest BCUT2D eigenvalue weighted by atomic mass is 16.6. The number of nitrogens with one attached hydrogen (secondary N) is 3. The van der Waals surface area contributed by atoms with E-state index in [-0.39, 0.29) is 23.5 Å². The minimum atomic E-state index is -0.832. The lowest BCUT2D eigenvalue weighted by Crippen LogP contribution is -2.52. The predicted octanol–water partition coefficient (Wildman–Crippen LogP) is 7.26. The van der Waals surface area contributed by atoms with Crippen molar-refractivity contribution in [3.63, 3.8) is 0 Å².